The smallest absolute Gasteiger partial charge is 0.302 e. The van der Waals surface area contributed by atoms with E-state index in [2.05, 4.69) is 61.5 Å². The first kappa shape index (κ1) is 24.9. The van der Waals surface area contributed by atoms with Crippen molar-refractivity contribution < 1.29 is 9.53 Å². The molecule has 0 aromatic carbocycles. The van der Waals surface area contributed by atoms with Gasteiger partial charge in [0.25, 0.3) is 0 Å². The van der Waals surface area contributed by atoms with Crippen LogP contribution in [0.4, 0.5) is 0 Å². The van der Waals surface area contributed by atoms with E-state index in [0.29, 0.717) is 27.6 Å². The number of ether oxygens (including phenoxy) is 1. The van der Waals surface area contributed by atoms with Crippen LogP contribution in [0.15, 0.2) is 11.6 Å². The molecular formula is C32H52O2. The highest BCUT2D eigenvalue weighted by atomic mass is 16.5. The first-order chi connectivity index (χ1) is 15.7. The second-order valence-electron chi connectivity index (χ2n) is 15.3. The number of allylic oxidation sites excluding steroid dienone is 2. The molecule has 34 heavy (non-hydrogen) atoms. The van der Waals surface area contributed by atoms with Gasteiger partial charge in [0.1, 0.15) is 6.10 Å². The zero-order valence-electron chi connectivity index (χ0n) is 23.7. The fourth-order valence-corrected chi connectivity index (χ4v) is 11.3. The summed E-state index contributed by atoms with van der Waals surface area (Å²) < 4.78 is 5.91. The summed E-state index contributed by atoms with van der Waals surface area (Å²) in [4.78, 5) is 11.9. The SMILES string of the molecule is CC(=O)OC1CCC2(C)C(CCC3(C)C2CC=C2C4C(C(C)C)CCC4(C)CCC23C)C1(C)C. The quantitative estimate of drug-likeness (QED) is 0.299. The third-order valence-corrected chi connectivity index (χ3v) is 13.4. The summed E-state index contributed by atoms with van der Waals surface area (Å²) in [5.41, 5.74) is 3.48. The van der Waals surface area contributed by atoms with Gasteiger partial charge in [0.15, 0.2) is 0 Å². The van der Waals surface area contributed by atoms with Gasteiger partial charge in [0, 0.05) is 12.3 Å². The van der Waals surface area contributed by atoms with Crippen LogP contribution in [-0.4, -0.2) is 12.1 Å². The minimum Gasteiger partial charge on any atom is -0.462 e. The fourth-order valence-electron chi connectivity index (χ4n) is 11.3. The fraction of sp³-hybridized carbons (Fsp3) is 0.906. The molecule has 2 heteroatoms. The van der Waals surface area contributed by atoms with Crippen molar-refractivity contribution in [2.24, 2.45) is 56.7 Å². The molecule has 192 valence electrons. The second-order valence-corrected chi connectivity index (χ2v) is 15.3. The van der Waals surface area contributed by atoms with Gasteiger partial charge in [-0.3, -0.25) is 4.79 Å². The number of carbonyl (C=O) groups is 1. The number of rotatable bonds is 2. The zero-order valence-corrected chi connectivity index (χ0v) is 23.7. The maximum atomic E-state index is 11.9. The molecule has 0 aliphatic heterocycles. The van der Waals surface area contributed by atoms with E-state index < -0.39 is 0 Å². The van der Waals surface area contributed by atoms with E-state index in [0.717, 1.165) is 30.1 Å². The number of carbonyl (C=O) groups excluding carboxylic acids is 1. The largest absolute Gasteiger partial charge is 0.462 e. The molecule has 9 unspecified atom stereocenters. The van der Waals surface area contributed by atoms with Gasteiger partial charge in [-0.05, 0) is 109 Å². The molecule has 0 bridgehead atoms. The highest BCUT2D eigenvalue weighted by Gasteiger charge is 2.68. The molecule has 5 aliphatic carbocycles. The Balaban J connectivity index is 1.54. The number of esters is 1. The predicted molar refractivity (Wildman–Crippen MR) is 140 cm³/mol. The van der Waals surface area contributed by atoms with Crippen LogP contribution in [-0.2, 0) is 9.53 Å². The van der Waals surface area contributed by atoms with Crippen molar-refractivity contribution >= 4 is 5.97 Å². The third-order valence-electron chi connectivity index (χ3n) is 13.4. The van der Waals surface area contributed by atoms with Crippen molar-refractivity contribution in [3.63, 3.8) is 0 Å². The lowest BCUT2D eigenvalue weighted by Gasteiger charge is -2.70. The molecule has 0 aromatic heterocycles. The van der Waals surface area contributed by atoms with Gasteiger partial charge in [-0.15, -0.1) is 0 Å². The van der Waals surface area contributed by atoms with Gasteiger partial charge in [0.2, 0.25) is 0 Å². The molecule has 4 saturated carbocycles. The van der Waals surface area contributed by atoms with Crippen molar-refractivity contribution in [1.82, 2.24) is 0 Å². The molecule has 0 saturated heterocycles. The Kier molecular flexibility index (Phi) is 5.57. The van der Waals surface area contributed by atoms with Crippen molar-refractivity contribution in [2.75, 3.05) is 0 Å². The Labute approximate surface area is 210 Å². The molecule has 2 nitrogen and oxygen atoms in total. The number of fused-ring (bicyclic) bond motifs is 7. The third kappa shape index (κ3) is 3.08. The highest BCUT2D eigenvalue weighted by Crippen LogP contribution is 2.76. The van der Waals surface area contributed by atoms with Crippen molar-refractivity contribution in [2.45, 2.75) is 126 Å². The second kappa shape index (κ2) is 7.61. The van der Waals surface area contributed by atoms with E-state index in [1.54, 1.807) is 6.92 Å². The summed E-state index contributed by atoms with van der Waals surface area (Å²) in [5, 5.41) is 0. The van der Waals surface area contributed by atoms with Crippen LogP contribution in [0.25, 0.3) is 0 Å². The van der Waals surface area contributed by atoms with Crippen LogP contribution in [0, 0.1) is 56.7 Å². The summed E-state index contributed by atoms with van der Waals surface area (Å²) in [6.45, 7) is 22.0. The van der Waals surface area contributed by atoms with E-state index in [9.17, 15) is 4.79 Å². The van der Waals surface area contributed by atoms with Gasteiger partial charge in [-0.1, -0.05) is 67.0 Å². The lowest BCUT2D eigenvalue weighted by Crippen LogP contribution is -2.64. The van der Waals surface area contributed by atoms with Crippen LogP contribution in [0.3, 0.4) is 0 Å². The molecule has 0 aromatic rings. The minimum absolute atomic E-state index is 0.0459. The highest BCUT2D eigenvalue weighted by molar-refractivity contribution is 5.66. The first-order valence-corrected chi connectivity index (χ1v) is 14.6. The van der Waals surface area contributed by atoms with Crippen LogP contribution in [0.5, 0.6) is 0 Å². The van der Waals surface area contributed by atoms with E-state index in [1.165, 1.54) is 51.4 Å². The molecule has 0 N–H and O–H groups in total. The summed E-state index contributed by atoms with van der Waals surface area (Å²) in [6.07, 6.45) is 14.6. The molecule has 4 fully saturated rings. The van der Waals surface area contributed by atoms with Crippen LogP contribution in [0.2, 0.25) is 0 Å². The molecule has 9 atom stereocenters. The summed E-state index contributed by atoms with van der Waals surface area (Å²) in [6, 6.07) is 0. The number of hydrogen-bond acceptors (Lipinski definition) is 2. The molecule has 0 radical (unpaired) electrons. The first-order valence-electron chi connectivity index (χ1n) is 14.6. The van der Waals surface area contributed by atoms with Gasteiger partial charge < -0.3 is 4.74 Å². The Morgan fingerprint density at radius 2 is 1.62 bits per heavy atom. The van der Waals surface area contributed by atoms with Gasteiger partial charge >= 0.3 is 5.97 Å². The van der Waals surface area contributed by atoms with E-state index >= 15 is 0 Å². The molecule has 0 spiro atoms. The van der Waals surface area contributed by atoms with E-state index in [1.807, 2.05) is 5.57 Å². The van der Waals surface area contributed by atoms with Crippen molar-refractivity contribution in [3.8, 4) is 0 Å². The Hall–Kier alpha value is -0.790. The van der Waals surface area contributed by atoms with Gasteiger partial charge in [-0.25, -0.2) is 0 Å². The average Bonchev–Trinajstić information content (AvgIpc) is 3.08. The summed E-state index contributed by atoms with van der Waals surface area (Å²) in [7, 11) is 0. The monoisotopic (exact) mass is 468 g/mol. The summed E-state index contributed by atoms with van der Waals surface area (Å²) in [5.74, 6) is 3.69. The lowest BCUT2D eigenvalue weighted by atomic mass is 9.34. The Morgan fingerprint density at radius 1 is 0.912 bits per heavy atom. The molecule has 5 aliphatic rings. The van der Waals surface area contributed by atoms with Crippen LogP contribution >= 0.6 is 0 Å². The average molecular weight is 469 g/mol. The summed E-state index contributed by atoms with van der Waals surface area (Å²) >= 11 is 0. The zero-order chi connectivity index (χ0) is 24.9. The molecule has 0 amide bonds. The minimum atomic E-state index is -0.110. The standard InChI is InChI=1S/C32H52O2/c1-20(2)22-12-15-29(6)18-19-31(8)23(27(22)29)10-11-25-30(7)16-14-26(34-21(3)33)28(4,5)24(30)13-17-32(25,31)9/h10,20,22,24-27H,11-19H2,1-9H3. The molecule has 5 rings (SSSR count). The van der Waals surface area contributed by atoms with Crippen molar-refractivity contribution in [3.05, 3.63) is 11.6 Å². The van der Waals surface area contributed by atoms with Crippen molar-refractivity contribution in [1.29, 1.82) is 0 Å². The van der Waals surface area contributed by atoms with Crippen LogP contribution < -0.4 is 0 Å². The normalized spacial score (nSPS) is 51.6. The molecular weight excluding hydrogens is 416 g/mol. The van der Waals surface area contributed by atoms with E-state index in [-0.39, 0.29) is 17.5 Å². The maximum absolute atomic E-state index is 11.9. The Bertz CT molecular complexity index is 883. The number of hydrogen-bond donors (Lipinski definition) is 0. The maximum Gasteiger partial charge on any atom is 0.302 e. The van der Waals surface area contributed by atoms with Gasteiger partial charge in [0.05, 0.1) is 0 Å². The molecule has 0 heterocycles. The predicted octanol–water partition coefficient (Wildman–Crippen LogP) is 8.60. The Morgan fingerprint density at radius 3 is 2.26 bits per heavy atom. The van der Waals surface area contributed by atoms with Gasteiger partial charge in [-0.2, -0.15) is 0 Å². The lowest BCUT2D eigenvalue weighted by molar-refractivity contribution is -0.210. The topological polar surface area (TPSA) is 26.3 Å². The van der Waals surface area contributed by atoms with Crippen LogP contribution in [0.1, 0.15) is 120 Å². The van der Waals surface area contributed by atoms with E-state index in [4.69, 9.17) is 4.74 Å².